The third-order valence-electron chi connectivity index (χ3n) is 9.96. The van der Waals surface area contributed by atoms with Crippen molar-refractivity contribution in [1.29, 1.82) is 0 Å². The average molecular weight is 1060 g/mol. The number of aromatic hydroxyl groups is 2. The minimum absolute atomic E-state index is 0. The number of carbonyl (C=O) groups excluding carboxylic acids is 1. The molecule has 0 aliphatic heterocycles. The van der Waals surface area contributed by atoms with E-state index < -0.39 is 89.0 Å². The van der Waals surface area contributed by atoms with Crippen LogP contribution in [-0.2, 0) is 40.5 Å². The number of phenols is 2. The molecule has 0 unspecified atom stereocenters. The topological polar surface area (TPSA) is 349 Å². The number of fused-ring (bicyclic) bond motifs is 4. The van der Waals surface area contributed by atoms with Crippen LogP contribution in [0.25, 0.3) is 43.1 Å². The van der Waals surface area contributed by atoms with Gasteiger partial charge < -0.3 is 20.8 Å². The number of hydrogen-bond acceptors (Lipinski definition) is 15. The standard InChI is InChI=1S/C41H28N6O15S4.4Na/c48-39-25-15-13-23(17-21(25)19-35(65(57,58)59)37(39)46-44-31-9-1-7-29-27(31)5-3-11-33(29)63(51,52)53)42-41(50)43-24-14-16-26-22(18-24)20-36(66(60,61)62)38(40(26)49)47-45-32-10-2-8-30-28(32)6-4-12-34(30)64(54,55)56;;;;/h1-20,48-49H,(H2,42,43,50)(H,51,52,53)(H,54,55,56)(H,57,58,59)(H,60,61,62);;;;. The fourth-order valence-corrected chi connectivity index (χ4v) is 9.83. The first-order valence-electron chi connectivity index (χ1n) is 18.4. The quantitative estimate of drug-likeness (QED) is 0.0370. The predicted octanol–water partition coefficient (Wildman–Crippen LogP) is 7.65. The van der Waals surface area contributed by atoms with E-state index in [-0.39, 0.29) is 184 Å². The predicted molar refractivity (Wildman–Crippen MR) is 262 cm³/mol. The summed E-state index contributed by atoms with van der Waals surface area (Å²) in [5, 5.41) is 43.7. The van der Waals surface area contributed by atoms with Gasteiger partial charge in [-0.25, -0.2) is 4.79 Å². The molecule has 0 aliphatic rings. The van der Waals surface area contributed by atoms with Gasteiger partial charge in [-0.2, -0.15) is 33.7 Å². The molecule has 21 nitrogen and oxygen atoms in total. The number of anilines is 2. The number of rotatable bonds is 10. The van der Waals surface area contributed by atoms with Crippen LogP contribution < -0.4 is 10.6 Å². The number of phenolic OH excluding ortho intramolecular Hbond substituents is 2. The molecular formula is C41H28N6Na4O15S4. The van der Waals surface area contributed by atoms with E-state index >= 15 is 0 Å². The van der Waals surface area contributed by atoms with E-state index in [1.165, 1.54) is 97.1 Å². The van der Waals surface area contributed by atoms with Gasteiger partial charge in [0.2, 0.25) is 0 Å². The Morgan fingerprint density at radius 3 is 1.06 bits per heavy atom. The zero-order valence-corrected chi connectivity index (χ0v) is 48.1. The largest absolute Gasteiger partial charge is 0.505 e. The van der Waals surface area contributed by atoms with E-state index in [2.05, 4.69) is 31.1 Å². The first-order chi connectivity index (χ1) is 31.0. The summed E-state index contributed by atoms with van der Waals surface area (Å²) in [7, 11) is -19.5. The van der Waals surface area contributed by atoms with Crippen LogP contribution in [0, 0.1) is 0 Å². The molecule has 0 heterocycles. The Kier molecular flexibility index (Phi) is 19.2. The van der Waals surface area contributed by atoms with Gasteiger partial charge in [0.05, 0.1) is 11.4 Å². The maximum absolute atomic E-state index is 13.2. The first-order valence-corrected chi connectivity index (χ1v) is 24.2. The van der Waals surface area contributed by atoms with Crippen LogP contribution in [-0.4, -0.2) is 186 Å². The monoisotopic (exact) mass is 1060 g/mol. The second-order valence-electron chi connectivity index (χ2n) is 14.2. The second kappa shape index (κ2) is 22.7. The summed E-state index contributed by atoms with van der Waals surface area (Å²) < 4.78 is 137. The molecule has 0 spiro atoms. The molecule has 0 aliphatic carbocycles. The third-order valence-corrected chi connectivity index (χ3v) is 13.5. The average Bonchev–Trinajstić information content (AvgIpc) is 3.23. The minimum atomic E-state index is -5.10. The molecule has 8 aromatic rings. The van der Waals surface area contributed by atoms with Gasteiger partial charge in [-0.1, -0.05) is 48.5 Å². The number of urea groups is 1. The number of amides is 2. The van der Waals surface area contributed by atoms with Crippen LogP contribution in [0.15, 0.2) is 161 Å². The van der Waals surface area contributed by atoms with E-state index in [4.69, 9.17) is 0 Å². The maximum atomic E-state index is 13.2. The molecule has 4 radical (unpaired) electrons. The number of nitrogens with zero attached hydrogens (tertiary/aromatic N) is 4. The van der Waals surface area contributed by atoms with Crippen LogP contribution in [0.2, 0.25) is 0 Å². The van der Waals surface area contributed by atoms with Crippen molar-refractivity contribution < 1.29 is 66.9 Å². The van der Waals surface area contributed by atoms with Crippen molar-refractivity contribution in [2.75, 3.05) is 10.6 Å². The van der Waals surface area contributed by atoms with Crippen molar-refractivity contribution in [3.05, 3.63) is 121 Å². The second-order valence-corrected chi connectivity index (χ2v) is 19.7. The fraction of sp³-hybridized carbons (Fsp3) is 0. The summed E-state index contributed by atoms with van der Waals surface area (Å²) >= 11 is 0. The van der Waals surface area contributed by atoms with Gasteiger partial charge in [0.25, 0.3) is 40.5 Å². The van der Waals surface area contributed by atoms with Gasteiger partial charge in [0.15, 0.2) is 11.5 Å². The molecule has 0 saturated heterocycles. The summed E-state index contributed by atoms with van der Waals surface area (Å²) in [4.78, 5) is 10.6. The summed E-state index contributed by atoms with van der Waals surface area (Å²) in [6.07, 6.45) is 0. The Hall–Kier alpha value is -3.49. The van der Waals surface area contributed by atoms with Gasteiger partial charge >= 0.3 is 6.03 Å². The van der Waals surface area contributed by atoms with Gasteiger partial charge in [0.1, 0.15) is 31.0 Å². The number of nitrogens with one attached hydrogen (secondary N) is 2. The van der Waals surface area contributed by atoms with Gasteiger partial charge in [-0.05, 0) is 83.6 Å². The Morgan fingerprint density at radius 1 is 0.386 bits per heavy atom. The molecule has 0 fully saturated rings. The van der Waals surface area contributed by atoms with Crippen molar-refractivity contribution >= 4 is 242 Å². The molecule has 8 rings (SSSR count). The summed E-state index contributed by atoms with van der Waals surface area (Å²) in [6, 6.07) is 25.1. The summed E-state index contributed by atoms with van der Waals surface area (Å²) in [5.41, 5.74) is -1.24. The minimum Gasteiger partial charge on any atom is -0.505 e. The van der Waals surface area contributed by atoms with Gasteiger partial charge in [0, 0.05) is 162 Å². The van der Waals surface area contributed by atoms with Crippen molar-refractivity contribution in [1.82, 2.24) is 0 Å². The molecule has 0 atom stereocenters. The Balaban J connectivity index is 0.00000266. The molecule has 0 aromatic heterocycles. The Bertz CT molecular complexity index is 3710. The first kappa shape index (κ1) is 59.1. The Morgan fingerprint density at radius 2 is 0.714 bits per heavy atom. The van der Waals surface area contributed by atoms with Crippen LogP contribution in [0.5, 0.6) is 11.5 Å². The normalized spacial score (nSPS) is 12.1. The number of benzene rings is 8. The summed E-state index contributed by atoms with van der Waals surface area (Å²) in [5.74, 6) is -1.48. The number of azo groups is 2. The zero-order chi connectivity index (χ0) is 47.5. The van der Waals surface area contributed by atoms with Gasteiger partial charge in [-0.3, -0.25) is 18.2 Å². The molecular weight excluding hydrogens is 1040 g/mol. The molecule has 70 heavy (non-hydrogen) atoms. The van der Waals surface area contributed by atoms with E-state index in [0.717, 1.165) is 24.3 Å². The molecule has 8 aromatic carbocycles. The molecule has 29 heteroatoms. The zero-order valence-electron chi connectivity index (χ0n) is 36.8. The van der Waals surface area contributed by atoms with E-state index in [0.29, 0.717) is 0 Å². The van der Waals surface area contributed by atoms with Crippen LogP contribution in [0.4, 0.5) is 38.9 Å². The summed E-state index contributed by atoms with van der Waals surface area (Å²) in [6.45, 7) is 0. The van der Waals surface area contributed by atoms with Crippen LogP contribution in [0.3, 0.4) is 0 Å². The van der Waals surface area contributed by atoms with Crippen LogP contribution in [0.1, 0.15) is 0 Å². The van der Waals surface area contributed by atoms with Crippen molar-refractivity contribution in [2.45, 2.75) is 19.6 Å². The number of hydrogen-bond donors (Lipinski definition) is 8. The SMILES string of the molecule is O=C(Nc1ccc2c(O)c(N=Nc3cccc4c(S(=O)(=O)O)cccc34)c(S(=O)(=O)O)cc2c1)Nc1ccc2c(O)c(N=Nc3cccc4c(S(=O)(=O)O)cccc34)c(S(=O)(=O)O)cc2c1.[Na].[Na].[Na].[Na]. The Labute approximate surface area is 486 Å². The molecule has 0 bridgehead atoms. The number of carbonyl (C=O) groups is 1. The van der Waals surface area contributed by atoms with E-state index in [1.807, 2.05) is 0 Å². The van der Waals surface area contributed by atoms with E-state index in [9.17, 15) is 66.9 Å². The van der Waals surface area contributed by atoms with Crippen molar-refractivity contribution in [3.8, 4) is 11.5 Å². The van der Waals surface area contributed by atoms with E-state index in [1.54, 1.807) is 0 Å². The molecule has 2 amide bonds. The van der Waals surface area contributed by atoms with Gasteiger partial charge in [-0.15, -0.1) is 20.5 Å². The smallest absolute Gasteiger partial charge is 0.323 e. The maximum Gasteiger partial charge on any atom is 0.323 e. The third kappa shape index (κ3) is 12.5. The van der Waals surface area contributed by atoms with Crippen molar-refractivity contribution in [3.63, 3.8) is 0 Å². The molecule has 8 N–H and O–H groups in total. The van der Waals surface area contributed by atoms with Crippen LogP contribution >= 0.6 is 0 Å². The van der Waals surface area contributed by atoms with Crippen molar-refractivity contribution in [2.24, 2.45) is 20.5 Å². The fourth-order valence-electron chi connectivity index (χ4n) is 7.10. The molecule has 340 valence electrons. The molecule has 0 saturated carbocycles.